The van der Waals surface area contributed by atoms with E-state index in [1.165, 1.54) is 4.90 Å². The fourth-order valence-electron chi connectivity index (χ4n) is 4.68. The molecule has 0 saturated carbocycles. The molecule has 3 amide bonds. The van der Waals surface area contributed by atoms with Crippen molar-refractivity contribution < 1.29 is 19.1 Å². The molecular formula is C35H39N3O4. The molecule has 7 heteroatoms. The number of aryl methyl sites for hydroxylation is 2. The maximum Gasteiger partial charge on any atom is 0.408 e. The Morgan fingerprint density at radius 2 is 1.60 bits per heavy atom. The van der Waals surface area contributed by atoms with Crippen LogP contribution in [0.3, 0.4) is 0 Å². The van der Waals surface area contributed by atoms with E-state index >= 15 is 0 Å². The summed E-state index contributed by atoms with van der Waals surface area (Å²) in [6, 6.07) is 19.9. The predicted molar refractivity (Wildman–Crippen MR) is 167 cm³/mol. The highest BCUT2D eigenvalue weighted by molar-refractivity contribution is 6.00. The molecule has 0 bridgehead atoms. The molecule has 0 aliphatic heterocycles. The first kappa shape index (κ1) is 31.7. The highest BCUT2D eigenvalue weighted by atomic mass is 16.6. The number of benzene rings is 3. The van der Waals surface area contributed by atoms with E-state index < -0.39 is 35.6 Å². The van der Waals surface area contributed by atoms with Crippen molar-refractivity contribution in [1.29, 1.82) is 0 Å². The van der Waals surface area contributed by atoms with Crippen LogP contribution < -0.4 is 10.6 Å². The van der Waals surface area contributed by atoms with Crippen LogP contribution in [-0.4, -0.2) is 41.0 Å². The summed E-state index contributed by atoms with van der Waals surface area (Å²) in [6.07, 6.45) is 6.83. The first-order chi connectivity index (χ1) is 19.9. The number of alkyl carbamates (subject to hydrolysis) is 1. The molecule has 2 unspecified atom stereocenters. The van der Waals surface area contributed by atoms with Crippen LogP contribution >= 0.6 is 0 Å². The van der Waals surface area contributed by atoms with Crippen molar-refractivity contribution in [3.05, 3.63) is 113 Å². The van der Waals surface area contributed by atoms with Crippen LogP contribution in [-0.2, 0) is 20.7 Å². The maximum atomic E-state index is 14.4. The van der Waals surface area contributed by atoms with E-state index in [0.29, 0.717) is 16.8 Å². The van der Waals surface area contributed by atoms with Gasteiger partial charge in [0.1, 0.15) is 17.7 Å². The third kappa shape index (κ3) is 8.34. The molecule has 218 valence electrons. The number of terminal acetylenes is 1. The number of carbonyl (C=O) groups excluding carboxylic acids is 3. The minimum atomic E-state index is -1.12. The smallest absolute Gasteiger partial charge is 0.408 e. The lowest BCUT2D eigenvalue weighted by atomic mass is 9.96. The third-order valence-electron chi connectivity index (χ3n) is 6.58. The second-order valence-corrected chi connectivity index (χ2v) is 11.1. The van der Waals surface area contributed by atoms with Gasteiger partial charge in [-0.1, -0.05) is 78.7 Å². The Balaban J connectivity index is 2.11. The van der Waals surface area contributed by atoms with Crippen molar-refractivity contribution in [2.24, 2.45) is 0 Å². The molecule has 0 radical (unpaired) electrons. The van der Waals surface area contributed by atoms with E-state index in [0.717, 1.165) is 16.7 Å². The van der Waals surface area contributed by atoms with Gasteiger partial charge in [-0.05, 0) is 62.9 Å². The van der Waals surface area contributed by atoms with Crippen LogP contribution in [0.2, 0.25) is 0 Å². The van der Waals surface area contributed by atoms with Crippen molar-refractivity contribution in [2.75, 3.05) is 11.9 Å². The Morgan fingerprint density at radius 1 is 0.976 bits per heavy atom. The summed E-state index contributed by atoms with van der Waals surface area (Å²) < 4.78 is 5.48. The second-order valence-electron chi connectivity index (χ2n) is 11.1. The van der Waals surface area contributed by atoms with E-state index in [9.17, 15) is 14.4 Å². The molecule has 3 aromatic carbocycles. The summed E-state index contributed by atoms with van der Waals surface area (Å²) >= 11 is 0. The maximum absolute atomic E-state index is 14.4. The molecular weight excluding hydrogens is 526 g/mol. The summed E-state index contributed by atoms with van der Waals surface area (Å²) in [7, 11) is 0. The number of para-hydroxylation sites is 1. The SMILES string of the molecule is C#Cc1ccccc1C(C(=O)Nc1c(C)cccc1C)N(CC=C)C(=O)C(Cc1ccccc1)NC(=O)OC(C)(C)C. The van der Waals surface area contributed by atoms with Gasteiger partial charge in [0.05, 0.1) is 0 Å². The lowest BCUT2D eigenvalue weighted by Crippen LogP contribution is -2.53. The summed E-state index contributed by atoms with van der Waals surface area (Å²) in [6.45, 7) is 12.9. The highest BCUT2D eigenvalue weighted by Gasteiger charge is 2.37. The summed E-state index contributed by atoms with van der Waals surface area (Å²) in [5.74, 6) is 1.72. The van der Waals surface area contributed by atoms with Gasteiger partial charge in [0.15, 0.2) is 0 Å². The first-order valence-electron chi connectivity index (χ1n) is 13.8. The van der Waals surface area contributed by atoms with Gasteiger partial charge in [0.2, 0.25) is 5.91 Å². The Labute approximate surface area is 249 Å². The molecule has 3 aromatic rings. The van der Waals surface area contributed by atoms with Gasteiger partial charge >= 0.3 is 6.09 Å². The Hall–Kier alpha value is -4.83. The molecule has 7 nitrogen and oxygen atoms in total. The highest BCUT2D eigenvalue weighted by Crippen LogP contribution is 2.29. The lowest BCUT2D eigenvalue weighted by Gasteiger charge is -2.34. The topological polar surface area (TPSA) is 87.7 Å². The van der Waals surface area contributed by atoms with Crippen molar-refractivity contribution in [2.45, 2.75) is 58.7 Å². The Morgan fingerprint density at radius 3 is 2.19 bits per heavy atom. The molecule has 0 saturated heterocycles. The van der Waals surface area contributed by atoms with Crippen molar-refractivity contribution in [3.63, 3.8) is 0 Å². The zero-order chi connectivity index (χ0) is 30.9. The molecule has 0 spiro atoms. The van der Waals surface area contributed by atoms with E-state index in [2.05, 4.69) is 23.1 Å². The summed E-state index contributed by atoms with van der Waals surface area (Å²) in [5, 5.41) is 5.78. The number of amides is 3. The predicted octanol–water partition coefficient (Wildman–Crippen LogP) is 6.12. The van der Waals surface area contributed by atoms with Gasteiger partial charge in [-0.15, -0.1) is 13.0 Å². The molecule has 0 aromatic heterocycles. The fraction of sp³-hybridized carbons (Fsp3) is 0.286. The fourth-order valence-corrected chi connectivity index (χ4v) is 4.68. The quantitative estimate of drug-likeness (QED) is 0.229. The van der Waals surface area contributed by atoms with E-state index in [4.69, 9.17) is 11.2 Å². The van der Waals surface area contributed by atoms with E-state index in [1.54, 1.807) is 51.1 Å². The number of anilines is 1. The summed E-state index contributed by atoms with van der Waals surface area (Å²) in [5.41, 5.74) is 3.42. The van der Waals surface area contributed by atoms with Crippen LogP contribution in [0.25, 0.3) is 0 Å². The van der Waals surface area contributed by atoms with Crippen LogP contribution in [0.4, 0.5) is 10.5 Å². The van der Waals surface area contributed by atoms with Crippen molar-refractivity contribution in [3.8, 4) is 12.3 Å². The minimum absolute atomic E-state index is 0.0177. The van der Waals surface area contributed by atoms with Gasteiger partial charge < -0.3 is 20.3 Å². The van der Waals surface area contributed by atoms with E-state index in [-0.39, 0.29) is 13.0 Å². The number of rotatable bonds is 10. The normalized spacial score (nSPS) is 12.3. The Bertz CT molecular complexity index is 1450. The minimum Gasteiger partial charge on any atom is -0.444 e. The van der Waals surface area contributed by atoms with E-state index in [1.807, 2.05) is 62.4 Å². The van der Waals surface area contributed by atoms with Gasteiger partial charge in [0.25, 0.3) is 5.91 Å². The van der Waals surface area contributed by atoms with Crippen LogP contribution in [0.15, 0.2) is 85.5 Å². The van der Waals surface area contributed by atoms with Crippen LogP contribution in [0.5, 0.6) is 0 Å². The van der Waals surface area contributed by atoms with Crippen LogP contribution in [0, 0.1) is 26.2 Å². The average molecular weight is 566 g/mol. The zero-order valence-corrected chi connectivity index (χ0v) is 24.9. The molecule has 3 rings (SSSR count). The van der Waals surface area contributed by atoms with Crippen molar-refractivity contribution in [1.82, 2.24) is 10.2 Å². The van der Waals surface area contributed by atoms with Gasteiger partial charge in [-0.3, -0.25) is 9.59 Å². The second kappa shape index (κ2) is 14.2. The molecule has 0 heterocycles. The molecule has 42 heavy (non-hydrogen) atoms. The number of nitrogens with zero attached hydrogens (tertiary/aromatic N) is 1. The zero-order valence-electron chi connectivity index (χ0n) is 24.9. The number of hydrogen-bond donors (Lipinski definition) is 2. The molecule has 0 aliphatic carbocycles. The van der Waals surface area contributed by atoms with Gasteiger partial charge in [0, 0.05) is 24.2 Å². The third-order valence-corrected chi connectivity index (χ3v) is 6.58. The number of carbonyl (C=O) groups is 3. The van der Waals surface area contributed by atoms with Gasteiger partial charge in [-0.2, -0.15) is 0 Å². The largest absolute Gasteiger partial charge is 0.444 e. The molecule has 2 atom stereocenters. The summed E-state index contributed by atoms with van der Waals surface area (Å²) in [4.78, 5) is 42.9. The number of nitrogens with one attached hydrogen (secondary N) is 2. The number of ether oxygens (including phenoxy) is 1. The molecule has 2 N–H and O–H groups in total. The van der Waals surface area contributed by atoms with Crippen LogP contribution in [0.1, 0.15) is 54.6 Å². The Kier molecular flexibility index (Phi) is 10.7. The monoisotopic (exact) mass is 565 g/mol. The standard InChI is InChI=1S/C35H39N3O4/c1-8-22-38(33(40)29(23-26-18-11-10-12-19-26)36-34(41)42-35(5,6)7)31(28-21-14-13-20-27(28)9-2)32(39)37-30-24(3)16-15-17-25(30)4/h2,8,10-21,29,31H,1,22-23H2,3-7H3,(H,36,41)(H,37,39). The molecule has 0 aliphatic rings. The first-order valence-corrected chi connectivity index (χ1v) is 13.8. The van der Waals surface area contributed by atoms with Gasteiger partial charge in [-0.25, -0.2) is 4.79 Å². The van der Waals surface area contributed by atoms with Crippen molar-refractivity contribution >= 4 is 23.6 Å². The molecule has 0 fully saturated rings. The average Bonchev–Trinajstić information content (AvgIpc) is 2.94. The lowest BCUT2D eigenvalue weighted by molar-refractivity contribution is -0.140. The number of hydrogen-bond acceptors (Lipinski definition) is 4.